The number of primary amides is 1. The van der Waals surface area contributed by atoms with Crippen LogP contribution in [0.4, 0.5) is 4.39 Å². The van der Waals surface area contributed by atoms with Gasteiger partial charge in [-0.25, -0.2) is 9.37 Å². The number of rotatable bonds is 2. The molecule has 8 nitrogen and oxygen atoms in total. The maximum absolute atomic E-state index is 15.3. The average Bonchev–Trinajstić information content (AvgIpc) is 3.26. The molecule has 1 unspecified atom stereocenters. The van der Waals surface area contributed by atoms with Gasteiger partial charge in [-0.2, -0.15) is 0 Å². The normalized spacial score (nSPS) is 24.9. The van der Waals surface area contributed by atoms with E-state index >= 15 is 4.39 Å². The summed E-state index contributed by atoms with van der Waals surface area (Å²) in [6.07, 6.45) is 0.197. The summed E-state index contributed by atoms with van der Waals surface area (Å²) in [5.41, 5.74) is 2.24. The number of alkyl halides is 1. The first-order chi connectivity index (χ1) is 14.2. The van der Waals surface area contributed by atoms with Crippen molar-refractivity contribution >= 4 is 23.2 Å². The van der Waals surface area contributed by atoms with Crippen molar-refractivity contribution in [1.29, 1.82) is 0 Å². The van der Waals surface area contributed by atoms with Crippen LogP contribution >= 0.6 is 11.3 Å². The van der Waals surface area contributed by atoms with Gasteiger partial charge < -0.3 is 25.6 Å². The van der Waals surface area contributed by atoms with Crippen LogP contribution in [-0.2, 0) is 10.5 Å². The number of benzene rings is 1. The molecule has 4 rings (SSSR count). The molecule has 2 aromatic rings. The number of ether oxygens (including phenoxy) is 1. The van der Waals surface area contributed by atoms with Crippen LogP contribution in [0.5, 0.6) is 5.75 Å². The number of aromatic nitrogens is 1. The van der Waals surface area contributed by atoms with Crippen molar-refractivity contribution in [2.24, 2.45) is 5.73 Å². The van der Waals surface area contributed by atoms with Crippen LogP contribution in [0.3, 0.4) is 0 Å². The molecule has 1 saturated heterocycles. The third-order valence-corrected chi connectivity index (χ3v) is 6.36. The first-order valence-corrected chi connectivity index (χ1v) is 9.88. The van der Waals surface area contributed by atoms with Crippen molar-refractivity contribution < 1.29 is 28.9 Å². The van der Waals surface area contributed by atoms with Crippen molar-refractivity contribution in [3.05, 3.63) is 33.6 Å². The Balaban J connectivity index is 1.80. The van der Waals surface area contributed by atoms with Gasteiger partial charge in [0.1, 0.15) is 12.4 Å². The lowest BCUT2D eigenvalue weighted by Gasteiger charge is -2.19. The van der Waals surface area contributed by atoms with Crippen LogP contribution < -0.4 is 10.5 Å². The van der Waals surface area contributed by atoms with Gasteiger partial charge in [-0.15, -0.1) is 11.3 Å². The van der Waals surface area contributed by atoms with Gasteiger partial charge in [0.25, 0.3) is 11.8 Å². The molecular formula is C20H18FN3O5S. The lowest BCUT2D eigenvalue weighted by atomic mass is 10.00. The maximum Gasteiger partial charge on any atom is 0.277 e. The summed E-state index contributed by atoms with van der Waals surface area (Å²) in [5.74, 6) is 4.42. The van der Waals surface area contributed by atoms with Crippen LogP contribution in [-0.4, -0.2) is 64.3 Å². The molecule has 1 fully saturated rings. The van der Waals surface area contributed by atoms with Crippen molar-refractivity contribution in [1.82, 2.24) is 9.88 Å². The topological polar surface area (TPSA) is 126 Å². The molecule has 0 aliphatic carbocycles. The van der Waals surface area contributed by atoms with Crippen molar-refractivity contribution in [3.8, 4) is 28.8 Å². The molecular weight excluding hydrogens is 413 g/mol. The summed E-state index contributed by atoms with van der Waals surface area (Å²) in [4.78, 5) is 29.3. The molecule has 2 atom stereocenters. The Hall–Kier alpha value is -3.00. The minimum Gasteiger partial charge on any atom is -0.489 e. The molecule has 0 radical (unpaired) electrons. The van der Waals surface area contributed by atoms with Crippen LogP contribution in [0.1, 0.15) is 26.7 Å². The molecule has 30 heavy (non-hydrogen) atoms. The van der Waals surface area contributed by atoms with Gasteiger partial charge in [0.15, 0.2) is 5.01 Å². The number of thiazole rings is 1. The third-order valence-electron chi connectivity index (χ3n) is 5.11. The average molecular weight is 431 g/mol. The van der Waals surface area contributed by atoms with E-state index in [-0.39, 0.29) is 22.0 Å². The predicted molar refractivity (Wildman–Crippen MR) is 106 cm³/mol. The van der Waals surface area contributed by atoms with E-state index in [0.29, 0.717) is 23.4 Å². The lowest BCUT2D eigenvalue weighted by molar-refractivity contribution is -0.137. The van der Waals surface area contributed by atoms with E-state index in [2.05, 4.69) is 16.8 Å². The number of nitrogens with two attached hydrogens (primary N) is 1. The number of hydrogen-bond donors (Lipinski definition) is 3. The first kappa shape index (κ1) is 20.3. The van der Waals surface area contributed by atoms with Crippen LogP contribution in [0.15, 0.2) is 18.2 Å². The fourth-order valence-electron chi connectivity index (χ4n) is 3.35. The first-order valence-electron chi connectivity index (χ1n) is 9.06. The molecule has 0 saturated carbocycles. The number of nitrogens with zero attached hydrogens (tertiary/aromatic N) is 2. The highest BCUT2D eigenvalue weighted by Gasteiger charge is 2.43. The van der Waals surface area contributed by atoms with Gasteiger partial charge in [0.05, 0.1) is 17.2 Å². The van der Waals surface area contributed by atoms with Crippen LogP contribution in [0.2, 0.25) is 0 Å². The minimum atomic E-state index is -2.25. The van der Waals surface area contributed by atoms with Crippen LogP contribution in [0.25, 0.3) is 11.3 Å². The summed E-state index contributed by atoms with van der Waals surface area (Å²) in [7, 11) is 1.59. The number of amides is 2. The van der Waals surface area contributed by atoms with E-state index in [4.69, 9.17) is 10.5 Å². The molecule has 0 bridgehead atoms. The summed E-state index contributed by atoms with van der Waals surface area (Å²) < 4.78 is 20.9. The molecule has 4 N–H and O–H groups in total. The van der Waals surface area contributed by atoms with E-state index in [1.807, 2.05) is 0 Å². The smallest absolute Gasteiger partial charge is 0.277 e. The van der Waals surface area contributed by atoms with Crippen molar-refractivity contribution in [3.63, 3.8) is 0 Å². The van der Waals surface area contributed by atoms with Gasteiger partial charge in [-0.3, -0.25) is 9.59 Å². The molecule has 2 aliphatic rings. The number of fused-ring (bicyclic) bond motifs is 3. The van der Waals surface area contributed by atoms with Gasteiger partial charge in [0, 0.05) is 31.1 Å². The predicted octanol–water partition coefficient (Wildman–Crippen LogP) is 0.403. The number of likely N-dealkylation sites (N-methyl/N-ethyl adjacent to an activating group) is 1. The second-order valence-corrected chi connectivity index (χ2v) is 8.27. The number of halogens is 1. The van der Waals surface area contributed by atoms with Gasteiger partial charge in [-0.05, 0) is 18.2 Å². The summed E-state index contributed by atoms with van der Waals surface area (Å²) in [6.45, 7) is -0.918. The molecule has 3 heterocycles. The SMILES string of the molecule is CN1CC[C@@](O)(C#Cc2ccc3c(c2)-c2nc(C(N)=O)sc2C(F)(CO)CO3)C1=O. The Morgan fingerprint density at radius 1 is 1.50 bits per heavy atom. The van der Waals surface area contributed by atoms with E-state index in [9.17, 15) is 19.8 Å². The van der Waals surface area contributed by atoms with Gasteiger partial charge in [-0.1, -0.05) is 11.8 Å². The fourth-order valence-corrected chi connectivity index (χ4v) is 4.34. The zero-order valence-electron chi connectivity index (χ0n) is 15.9. The van der Waals surface area contributed by atoms with E-state index in [1.165, 1.54) is 4.90 Å². The number of likely N-dealkylation sites (tertiary alicyclic amines) is 1. The largest absolute Gasteiger partial charge is 0.489 e. The highest BCUT2D eigenvalue weighted by molar-refractivity contribution is 7.14. The van der Waals surface area contributed by atoms with E-state index < -0.39 is 36.3 Å². The van der Waals surface area contributed by atoms with Crippen molar-refractivity contribution in [2.45, 2.75) is 17.7 Å². The maximum atomic E-state index is 15.3. The second kappa shape index (κ2) is 7.05. The monoisotopic (exact) mass is 431 g/mol. The quantitative estimate of drug-likeness (QED) is 0.591. The summed E-state index contributed by atoms with van der Waals surface area (Å²) in [5, 5.41) is 20.0. The molecule has 2 aliphatic heterocycles. The summed E-state index contributed by atoms with van der Waals surface area (Å²) in [6, 6.07) is 4.73. The Morgan fingerprint density at radius 2 is 2.27 bits per heavy atom. The number of aliphatic hydroxyl groups excluding tert-OH is 1. The minimum absolute atomic E-state index is 0.0360. The molecule has 0 spiro atoms. The molecule has 2 amide bonds. The fraction of sp³-hybridized carbons (Fsp3) is 0.350. The van der Waals surface area contributed by atoms with Gasteiger partial charge >= 0.3 is 0 Å². The van der Waals surface area contributed by atoms with E-state index in [0.717, 1.165) is 11.3 Å². The summed E-state index contributed by atoms with van der Waals surface area (Å²) >= 11 is 0.765. The Morgan fingerprint density at radius 3 is 2.90 bits per heavy atom. The molecule has 156 valence electrons. The Bertz CT molecular complexity index is 1120. The van der Waals surface area contributed by atoms with E-state index in [1.54, 1.807) is 25.2 Å². The number of carbonyl (C=O) groups excluding carboxylic acids is 2. The third kappa shape index (κ3) is 3.21. The zero-order valence-corrected chi connectivity index (χ0v) is 16.8. The van der Waals surface area contributed by atoms with Gasteiger partial charge in [0.2, 0.25) is 11.3 Å². The Labute approximate surface area is 175 Å². The number of hydrogen-bond acceptors (Lipinski definition) is 7. The van der Waals surface area contributed by atoms with Crippen molar-refractivity contribution in [2.75, 3.05) is 26.8 Å². The molecule has 10 heteroatoms. The second-order valence-electron chi connectivity index (χ2n) is 7.27. The number of aliphatic hydroxyl groups is 2. The molecule has 1 aromatic carbocycles. The highest BCUT2D eigenvalue weighted by atomic mass is 32.1. The highest BCUT2D eigenvalue weighted by Crippen LogP contribution is 2.45. The number of carbonyl (C=O) groups is 2. The van der Waals surface area contributed by atoms with Crippen LogP contribution in [0, 0.1) is 11.8 Å². The zero-order chi connectivity index (χ0) is 21.7. The molecule has 1 aromatic heterocycles. The standard InChI is InChI=1S/C20H18FN3O5S/c1-24-7-6-20(28,18(24)27)5-4-11-2-3-13-12(8-11)14-15(19(21,9-25)10-29-13)30-17(23-14)16(22)26/h2-3,8,25,28H,6-7,9-10H2,1H3,(H2,22,26)/t19?,20-/m0/s1. The Kier molecular flexibility index (Phi) is 4.77. The lowest BCUT2D eigenvalue weighted by Crippen LogP contribution is -2.37.